The molecule has 0 amide bonds. The highest BCUT2D eigenvalue weighted by molar-refractivity contribution is 9.10. The van der Waals surface area contributed by atoms with Crippen molar-refractivity contribution in [3.05, 3.63) is 28.2 Å². The molecule has 6 heteroatoms. The summed E-state index contributed by atoms with van der Waals surface area (Å²) in [4.78, 5) is 0.0119. The Balaban J connectivity index is 3.22. The van der Waals surface area contributed by atoms with Crippen molar-refractivity contribution >= 4 is 26.0 Å². The number of nitrogens with zero attached hydrogens (tertiary/aromatic N) is 1. The molecule has 16 heavy (non-hydrogen) atoms. The van der Waals surface area contributed by atoms with E-state index in [1.807, 2.05) is 13.0 Å². The Morgan fingerprint density at radius 1 is 1.50 bits per heavy atom. The fourth-order valence-electron chi connectivity index (χ4n) is 1.13. The number of nitriles is 1. The van der Waals surface area contributed by atoms with E-state index in [-0.39, 0.29) is 10.5 Å². The second-order valence-electron chi connectivity index (χ2n) is 3.15. The third-order valence-electron chi connectivity index (χ3n) is 1.90. The van der Waals surface area contributed by atoms with Crippen molar-refractivity contribution in [1.82, 2.24) is 4.72 Å². The fraction of sp³-hybridized carbons (Fsp3) is 0.300. The molecular weight excluding hydrogens is 292 g/mol. The summed E-state index contributed by atoms with van der Waals surface area (Å²) in [7, 11) is -3.59. The van der Waals surface area contributed by atoms with Crippen LogP contribution < -0.4 is 4.72 Å². The van der Waals surface area contributed by atoms with Crippen molar-refractivity contribution in [3.8, 4) is 6.07 Å². The second-order valence-corrected chi connectivity index (χ2v) is 5.80. The first kappa shape index (κ1) is 13.2. The largest absolute Gasteiger partial charge is 0.241 e. The Kier molecular flexibility index (Phi) is 4.47. The van der Waals surface area contributed by atoms with Gasteiger partial charge in [0.15, 0.2) is 0 Å². The molecule has 0 aliphatic heterocycles. The number of halogens is 1. The lowest BCUT2D eigenvalue weighted by Gasteiger charge is -2.07. The van der Waals surface area contributed by atoms with Crippen molar-refractivity contribution in [2.75, 3.05) is 6.54 Å². The quantitative estimate of drug-likeness (QED) is 0.925. The van der Waals surface area contributed by atoms with Gasteiger partial charge in [0.05, 0.1) is 5.56 Å². The maximum atomic E-state index is 11.8. The van der Waals surface area contributed by atoms with E-state index in [1.165, 1.54) is 12.1 Å². The van der Waals surface area contributed by atoms with Crippen LogP contribution in [0.1, 0.15) is 18.9 Å². The molecule has 0 saturated carbocycles. The molecule has 1 rings (SSSR count). The number of nitrogens with one attached hydrogen (secondary N) is 1. The first-order valence-electron chi connectivity index (χ1n) is 4.70. The summed E-state index contributed by atoms with van der Waals surface area (Å²) >= 11 is 3.18. The summed E-state index contributed by atoms with van der Waals surface area (Å²) in [5.41, 5.74) is 0.145. The molecule has 0 aliphatic rings. The molecule has 0 bridgehead atoms. The molecule has 0 heterocycles. The molecule has 0 fully saturated rings. The predicted molar refractivity (Wildman–Crippen MR) is 64.3 cm³/mol. The number of sulfonamides is 1. The highest BCUT2D eigenvalue weighted by Gasteiger charge is 2.18. The standard InChI is InChI=1S/C10H11BrN2O2S/c1-2-5-13-16(14,15)10-6-9(11)4-3-8(10)7-12/h3-4,6,13H,2,5H2,1H3. The van der Waals surface area contributed by atoms with Crippen molar-refractivity contribution in [2.45, 2.75) is 18.2 Å². The average molecular weight is 303 g/mol. The third-order valence-corrected chi connectivity index (χ3v) is 3.89. The highest BCUT2D eigenvalue weighted by Crippen LogP contribution is 2.20. The van der Waals surface area contributed by atoms with Crippen LogP contribution in [-0.4, -0.2) is 15.0 Å². The van der Waals surface area contributed by atoms with E-state index in [1.54, 1.807) is 6.07 Å². The van der Waals surface area contributed by atoms with E-state index in [0.717, 1.165) is 0 Å². The molecule has 0 aromatic heterocycles. The van der Waals surface area contributed by atoms with Gasteiger partial charge in [0, 0.05) is 11.0 Å². The average Bonchev–Trinajstić information content (AvgIpc) is 2.26. The molecule has 86 valence electrons. The van der Waals surface area contributed by atoms with Crippen molar-refractivity contribution in [2.24, 2.45) is 0 Å². The number of hydrogen-bond acceptors (Lipinski definition) is 3. The van der Waals surface area contributed by atoms with Gasteiger partial charge < -0.3 is 0 Å². The third kappa shape index (κ3) is 3.04. The van der Waals surface area contributed by atoms with Crippen molar-refractivity contribution in [1.29, 1.82) is 5.26 Å². The molecule has 1 N–H and O–H groups in total. The molecule has 0 unspecified atom stereocenters. The minimum absolute atomic E-state index is 0.0119. The summed E-state index contributed by atoms with van der Waals surface area (Å²) in [6.45, 7) is 2.23. The van der Waals surface area contributed by atoms with Gasteiger partial charge in [-0.05, 0) is 24.6 Å². The number of benzene rings is 1. The molecule has 0 spiro atoms. The van der Waals surface area contributed by atoms with Gasteiger partial charge in [-0.15, -0.1) is 0 Å². The Hall–Kier alpha value is -0.900. The predicted octanol–water partition coefficient (Wildman–Crippen LogP) is 2.01. The van der Waals surface area contributed by atoms with Gasteiger partial charge in [-0.1, -0.05) is 22.9 Å². The van der Waals surface area contributed by atoms with Gasteiger partial charge in [-0.2, -0.15) is 5.26 Å². The molecule has 1 aromatic carbocycles. The lowest BCUT2D eigenvalue weighted by Crippen LogP contribution is -2.25. The van der Waals surface area contributed by atoms with Crippen LogP contribution in [0.25, 0.3) is 0 Å². The highest BCUT2D eigenvalue weighted by atomic mass is 79.9. The van der Waals surface area contributed by atoms with Gasteiger partial charge in [0.2, 0.25) is 10.0 Å². The lowest BCUT2D eigenvalue weighted by molar-refractivity contribution is 0.580. The zero-order valence-electron chi connectivity index (χ0n) is 8.70. The molecule has 4 nitrogen and oxygen atoms in total. The first-order chi connectivity index (χ1) is 7.51. The van der Waals surface area contributed by atoms with Crippen LogP contribution in [0, 0.1) is 11.3 Å². The zero-order chi connectivity index (χ0) is 12.2. The van der Waals surface area contributed by atoms with Crippen LogP contribution in [0.2, 0.25) is 0 Å². The molecule has 0 aliphatic carbocycles. The van der Waals surface area contributed by atoms with Gasteiger partial charge in [0.25, 0.3) is 0 Å². The topological polar surface area (TPSA) is 70.0 Å². The Morgan fingerprint density at radius 3 is 2.75 bits per heavy atom. The monoisotopic (exact) mass is 302 g/mol. The Labute approximate surface area is 103 Å². The van der Waals surface area contributed by atoms with E-state index in [9.17, 15) is 8.42 Å². The summed E-state index contributed by atoms with van der Waals surface area (Å²) < 4.78 is 26.7. The molecular formula is C10H11BrN2O2S. The van der Waals surface area contributed by atoms with Crippen LogP contribution >= 0.6 is 15.9 Å². The summed E-state index contributed by atoms with van der Waals surface area (Å²) in [6.07, 6.45) is 0.703. The van der Waals surface area contributed by atoms with Crippen LogP contribution in [0.15, 0.2) is 27.6 Å². The second kappa shape index (κ2) is 5.43. The molecule has 0 atom stereocenters. The Morgan fingerprint density at radius 2 is 2.19 bits per heavy atom. The maximum Gasteiger partial charge on any atom is 0.241 e. The fourth-order valence-corrected chi connectivity index (χ4v) is 2.95. The van der Waals surface area contributed by atoms with Crippen LogP contribution in [0.4, 0.5) is 0 Å². The minimum Gasteiger partial charge on any atom is -0.211 e. The van der Waals surface area contributed by atoms with Gasteiger partial charge in [0.1, 0.15) is 11.0 Å². The number of rotatable bonds is 4. The van der Waals surface area contributed by atoms with E-state index in [0.29, 0.717) is 17.4 Å². The lowest BCUT2D eigenvalue weighted by atomic mass is 10.2. The first-order valence-corrected chi connectivity index (χ1v) is 6.98. The van der Waals surface area contributed by atoms with E-state index in [4.69, 9.17) is 5.26 Å². The summed E-state index contributed by atoms with van der Waals surface area (Å²) in [6, 6.07) is 6.41. The smallest absolute Gasteiger partial charge is 0.211 e. The normalized spacial score (nSPS) is 11.1. The van der Waals surface area contributed by atoms with Crippen LogP contribution in [-0.2, 0) is 10.0 Å². The maximum absolute atomic E-state index is 11.8. The minimum atomic E-state index is -3.59. The van der Waals surface area contributed by atoms with Gasteiger partial charge in [-0.3, -0.25) is 0 Å². The number of hydrogen-bond donors (Lipinski definition) is 1. The van der Waals surface area contributed by atoms with Gasteiger partial charge >= 0.3 is 0 Å². The summed E-state index contributed by atoms with van der Waals surface area (Å²) in [5.74, 6) is 0. The van der Waals surface area contributed by atoms with Gasteiger partial charge in [-0.25, -0.2) is 13.1 Å². The van der Waals surface area contributed by atoms with E-state index < -0.39 is 10.0 Å². The molecule has 0 saturated heterocycles. The van der Waals surface area contributed by atoms with E-state index in [2.05, 4.69) is 20.7 Å². The Bertz CT molecular complexity index is 520. The van der Waals surface area contributed by atoms with Crippen LogP contribution in [0.5, 0.6) is 0 Å². The molecule has 0 radical (unpaired) electrons. The molecule has 1 aromatic rings. The zero-order valence-corrected chi connectivity index (χ0v) is 11.1. The van der Waals surface area contributed by atoms with Crippen LogP contribution in [0.3, 0.4) is 0 Å². The SMILES string of the molecule is CCCNS(=O)(=O)c1cc(Br)ccc1C#N. The summed E-state index contributed by atoms with van der Waals surface area (Å²) in [5, 5.41) is 8.84. The van der Waals surface area contributed by atoms with Crippen molar-refractivity contribution in [3.63, 3.8) is 0 Å². The van der Waals surface area contributed by atoms with E-state index >= 15 is 0 Å². The van der Waals surface area contributed by atoms with Crippen molar-refractivity contribution < 1.29 is 8.42 Å².